The van der Waals surface area contributed by atoms with E-state index in [1.165, 1.54) is 0 Å². The van der Waals surface area contributed by atoms with Crippen LogP contribution in [-0.2, 0) is 24.7 Å². The molecule has 0 fully saturated rings. The van der Waals surface area contributed by atoms with Gasteiger partial charge in [-0.3, -0.25) is 14.5 Å². The highest BCUT2D eigenvalue weighted by Gasteiger charge is 2.28. The van der Waals surface area contributed by atoms with Gasteiger partial charge in [0.15, 0.2) is 0 Å². The molecular weight excluding hydrogens is 382 g/mol. The lowest BCUT2D eigenvalue weighted by atomic mass is 9.84. The predicted octanol–water partition coefficient (Wildman–Crippen LogP) is 3.06. The Morgan fingerprint density at radius 1 is 1.40 bits per heavy atom. The van der Waals surface area contributed by atoms with Gasteiger partial charge < -0.3 is 11.1 Å². The van der Waals surface area contributed by atoms with E-state index in [4.69, 9.17) is 10.7 Å². The summed E-state index contributed by atoms with van der Waals surface area (Å²) in [7, 11) is 1.80. The minimum absolute atomic E-state index is 0.00422. The van der Waals surface area contributed by atoms with Crippen LogP contribution in [-0.4, -0.2) is 20.7 Å². The van der Waals surface area contributed by atoms with Gasteiger partial charge in [-0.1, -0.05) is 15.9 Å². The number of halogens is 1. The smallest absolute Gasteiger partial charge is 0.228 e. The summed E-state index contributed by atoms with van der Waals surface area (Å²) in [6.07, 6.45) is 3.80. The van der Waals surface area contributed by atoms with E-state index in [9.17, 15) is 4.79 Å². The largest absolute Gasteiger partial charge is 0.398 e. The highest BCUT2D eigenvalue weighted by molar-refractivity contribution is 9.10. The van der Waals surface area contributed by atoms with E-state index >= 15 is 0 Å². The van der Waals surface area contributed by atoms with Crippen LogP contribution in [0.2, 0.25) is 0 Å². The minimum Gasteiger partial charge on any atom is -0.398 e. The van der Waals surface area contributed by atoms with Crippen molar-refractivity contribution in [3.05, 3.63) is 46.2 Å². The fraction of sp³-hybridized carbons (Fsp3) is 0.278. The summed E-state index contributed by atoms with van der Waals surface area (Å²) < 4.78 is 2.63. The van der Waals surface area contributed by atoms with Crippen LogP contribution >= 0.6 is 15.9 Å². The Labute approximate surface area is 153 Å². The molecule has 0 bridgehead atoms. The van der Waals surface area contributed by atoms with Gasteiger partial charge >= 0.3 is 0 Å². The van der Waals surface area contributed by atoms with Crippen molar-refractivity contribution in [3.63, 3.8) is 0 Å². The van der Waals surface area contributed by atoms with E-state index in [-0.39, 0.29) is 11.8 Å². The number of rotatable bonds is 2. The van der Waals surface area contributed by atoms with Gasteiger partial charge in [-0.05, 0) is 43.0 Å². The van der Waals surface area contributed by atoms with E-state index in [1.807, 2.05) is 18.2 Å². The average Bonchev–Trinajstić information content (AvgIpc) is 2.99. The molecule has 1 aliphatic carbocycles. The van der Waals surface area contributed by atoms with Gasteiger partial charge in [0.05, 0.1) is 11.7 Å². The number of pyridine rings is 1. The third kappa shape index (κ3) is 2.89. The van der Waals surface area contributed by atoms with Crippen molar-refractivity contribution in [2.75, 3.05) is 11.1 Å². The van der Waals surface area contributed by atoms with Crippen LogP contribution in [0.5, 0.6) is 0 Å². The standard InChI is InChI=1S/C18H18BrN5O/c1-24-16(6-7-21-24)23-18(25)10-2-5-14-13(8-10)17(20)12-4-3-11(19)9-15(12)22-14/h3-4,6-7,9-10H,2,5,8H2,1H3,(H2,20,22)(H,23,25). The Hall–Kier alpha value is -2.41. The van der Waals surface area contributed by atoms with Crippen molar-refractivity contribution in [1.29, 1.82) is 0 Å². The number of carbonyl (C=O) groups is 1. The molecule has 0 aliphatic heterocycles. The molecule has 0 saturated carbocycles. The molecule has 2 heterocycles. The maximum atomic E-state index is 12.6. The molecule has 2 aromatic heterocycles. The fourth-order valence-corrected chi connectivity index (χ4v) is 3.75. The number of aromatic nitrogens is 3. The first-order chi connectivity index (χ1) is 12.0. The number of benzene rings is 1. The maximum absolute atomic E-state index is 12.6. The third-order valence-corrected chi connectivity index (χ3v) is 5.30. The number of amides is 1. The Balaban J connectivity index is 1.63. The van der Waals surface area contributed by atoms with E-state index < -0.39 is 0 Å². The molecule has 3 aromatic rings. The Kier molecular flexibility index (Phi) is 3.95. The van der Waals surface area contributed by atoms with Crippen molar-refractivity contribution in [2.24, 2.45) is 13.0 Å². The van der Waals surface area contributed by atoms with Crippen LogP contribution in [0.3, 0.4) is 0 Å². The number of hydrogen-bond acceptors (Lipinski definition) is 4. The van der Waals surface area contributed by atoms with Crippen LogP contribution < -0.4 is 11.1 Å². The van der Waals surface area contributed by atoms with Gasteiger partial charge in [-0.25, -0.2) is 0 Å². The number of aryl methyl sites for hydroxylation is 2. The zero-order valence-corrected chi connectivity index (χ0v) is 15.4. The van der Waals surface area contributed by atoms with Crippen LogP contribution in [0, 0.1) is 5.92 Å². The maximum Gasteiger partial charge on any atom is 0.228 e. The van der Waals surface area contributed by atoms with Gasteiger partial charge in [0.2, 0.25) is 5.91 Å². The number of nitrogens with two attached hydrogens (primary N) is 1. The Morgan fingerprint density at radius 3 is 3.00 bits per heavy atom. The number of fused-ring (bicyclic) bond motifs is 2. The van der Waals surface area contributed by atoms with Crippen LogP contribution in [0.4, 0.5) is 11.5 Å². The molecule has 1 unspecified atom stereocenters. The number of hydrogen-bond donors (Lipinski definition) is 2. The van der Waals surface area contributed by atoms with Crippen LogP contribution in [0.15, 0.2) is 34.9 Å². The van der Waals surface area contributed by atoms with Crippen molar-refractivity contribution < 1.29 is 4.79 Å². The van der Waals surface area contributed by atoms with Gasteiger partial charge in [-0.2, -0.15) is 5.10 Å². The fourth-order valence-electron chi connectivity index (χ4n) is 3.40. The molecule has 1 aliphatic rings. The summed E-state index contributed by atoms with van der Waals surface area (Å²) in [5.74, 6) is 0.592. The normalized spacial score (nSPS) is 16.6. The molecule has 1 atom stereocenters. The van der Waals surface area contributed by atoms with Crippen molar-refractivity contribution in [3.8, 4) is 0 Å². The number of nitrogen functional groups attached to an aromatic ring is 1. The van der Waals surface area contributed by atoms with Crippen molar-refractivity contribution in [1.82, 2.24) is 14.8 Å². The average molecular weight is 400 g/mol. The predicted molar refractivity (Wildman–Crippen MR) is 101 cm³/mol. The van der Waals surface area contributed by atoms with Crippen LogP contribution in [0.25, 0.3) is 10.9 Å². The lowest BCUT2D eigenvalue weighted by Gasteiger charge is -2.25. The molecule has 0 spiro atoms. The summed E-state index contributed by atoms with van der Waals surface area (Å²) in [4.78, 5) is 17.4. The number of anilines is 2. The summed E-state index contributed by atoms with van der Waals surface area (Å²) in [5, 5.41) is 7.96. The Morgan fingerprint density at radius 2 is 2.24 bits per heavy atom. The SMILES string of the molecule is Cn1nccc1NC(=O)C1CCc2nc3cc(Br)ccc3c(N)c2C1. The first-order valence-electron chi connectivity index (χ1n) is 8.18. The van der Waals surface area contributed by atoms with Crippen molar-refractivity contribution >= 4 is 44.2 Å². The number of nitrogens with zero attached hydrogens (tertiary/aromatic N) is 3. The molecule has 1 aromatic carbocycles. The number of carbonyl (C=O) groups excluding carboxylic acids is 1. The van der Waals surface area contributed by atoms with Crippen LogP contribution in [0.1, 0.15) is 17.7 Å². The van der Waals surface area contributed by atoms with E-state index in [1.54, 1.807) is 24.0 Å². The molecule has 1 amide bonds. The second-order valence-electron chi connectivity index (χ2n) is 6.38. The molecule has 7 heteroatoms. The highest BCUT2D eigenvalue weighted by atomic mass is 79.9. The topological polar surface area (TPSA) is 85.8 Å². The van der Waals surface area contributed by atoms with Gasteiger partial charge in [0.25, 0.3) is 0 Å². The second-order valence-corrected chi connectivity index (χ2v) is 7.30. The van der Waals surface area contributed by atoms with Crippen molar-refractivity contribution in [2.45, 2.75) is 19.3 Å². The van der Waals surface area contributed by atoms with E-state index in [0.29, 0.717) is 12.2 Å². The molecule has 0 saturated heterocycles. The van der Waals surface area contributed by atoms with Gasteiger partial charge in [0, 0.05) is 40.3 Å². The first kappa shape index (κ1) is 16.1. The highest BCUT2D eigenvalue weighted by Crippen LogP contribution is 2.34. The molecule has 6 nitrogen and oxygen atoms in total. The monoisotopic (exact) mass is 399 g/mol. The molecular formula is C18H18BrN5O. The third-order valence-electron chi connectivity index (χ3n) is 4.80. The van der Waals surface area contributed by atoms with Gasteiger partial charge in [0.1, 0.15) is 5.82 Å². The lowest BCUT2D eigenvalue weighted by Crippen LogP contribution is -2.29. The first-order valence-corrected chi connectivity index (χ1v) is 8.97. The molecule has 25 heavy (non-hydrogen) atoms. The summed E-state index contributed by atoms with van der Waals surface area (Å²) >= 11 is 3.47. The Bertz CT molecular complexity index is 981. The molecule has 0 radical (unpaired) electrons. The zero-order chi connectivity index (χ0) is 17.6. The summed E-state index contributed by atoms with van der Waals surface area (Å²) in [5.41, 5.74) is 10.1. The quantitative estimate of drug-likeness (QED) is 0.693. The molecule has 3 N–H and O–H groups in total. The molecule has 4 rings (SSSR count). The minimum atomic E-state index is -0.112. The summed E-state index contributed by atoms with van der Waals surface area (Å²) in [6, 6.07) is 7.70. The number of nitrogens with one attached hydrogen (secondary N) is 1. The lowest BCUT2D eigenvalue weighted by molar-refractivity contribution is -0.120. The zero-order valence-electron chi connectivity index (χ0n) is 13.8. The van der Waals surface area contributed by atoms with E-state index in [2.05, 4.69) is 26.3 Å². The van der Waals surface area contributed by atoms with E-state index in [0.717, 1.165) is 45.2 Å². The second kappa shape index (κ2) is 6.15. The summed E-state index contributed by atoms with van der Waals surface area (Å²) in [6.45, 7) is 0. The van der Waals surface area contributed by atoms with Gasteiger partial charge in [-0.15, -0.1) is 0 Å². The molecule has 128 valence electrons.